The maximum Gasteiger partial charge on any atom is 0.202 e. The van der Waals surface area contributed by atoms with E-state index in [0.29, 0.717) is 12.2 Å². The summed E-state index contributed by atoms with van der Waals surface area (Å²) < 4.78 is 5.37. The van der Waals surface area contributed by atoms with Crippen LogP contribution >= 0.6 is 0 Å². The monoisotopic (exact) mass is 242 g/mol. The maximum absolute atomic E-state index is 12.1. The topological polar surface area (TPSA) is 30.2 Å². The molecule has 1 aromatic carbocycles. The Balaban J connectivity index is 2.27. The van der Waals surface area contributed by atoms with Crippen LogP contribution in [0.5, 0.6) is 0 Å². The van der Waals surface area contributed by atoms with Crippen LogP contribution in [0, 0.1) is 27.7 Å². The van der Waals surface area contributed by atoms with Gasteiger partial charge in [-0.25, -0.2) is 0 Å². The molecule has 94 valence electrons. The Morgan fingerprint density at radius 3 is 2.17 bits per heavy atom. The molecule has 1 heterocycles. The second kappa shape index (κ2) is 4.81. The molecular formula is C16H18O2. The van der Waals surface area contributed by atoms with E-state index in [9.17, 15) is 4.79 Å². The van der Waals surface area contributed by atoms with Gasteiger partial charge in [-0.1, -0.05) is 17.7 Å². The summed E-state index contributed by atoms with van der Waals surface area (Å²) in [5.74, 6) is 1.26. The lowest BCUT2D eigenvalue weighted by atomic mass is 9.95. The van der Waals surface area contributed by atoms with Gasteiger partial charge >= 0.3 is 0 Å². The number of aryl methyl sites for hydroxylation is 4. The fourth-order valence-electron chi connectivity index (χ4n) is 2.32. The third-order valence-electron chi connectivity index (χ3n) is 3.19. The average Bonchev–Trinajstić information content (AvgIpc) is 2.70. The number of ketones is 1. The van der Waals surface area contributed by atoms with Gasteiger partial charge in [0, 0.05) is 6.42 Å². The fourth-order valence-corrected chi connectivity index (χ4v) is 2.32. The molecule has 0 saturated heterocycles. The number of carbonyl (C=O) groups excluding carboxylic acids is 1. The number of carbonyl (C=O) groups is 1. The van der Waals surface area contributed by atoms with Crippen LogP contribution in [0.3, 0.4) is 0 Å². The number of benzene rings is 1. The quantitative estimate of drug-likeness (QED) is 0.763. The van der Waals surface area contributed by atoms with Gasteiger partial charge in [-0.3, -0.25) is 4.79 Å². The lowest BCUT2D eigenvalue weighted by Crippen LogP contribution is -2.06. The van der Waals surface area contributed by atoms with Crippen molar-refractivity contribution in [2.24, 2.45) is 0 Å². The summed E-state index contributed by atoms with van der Waals surface area (Å²) >= 11 is 0. The zero-order valence-corrected chi connectivity index (χ0v) is 11.3. The first kappa shape index (κ1) is 12.6. The van der Waals surface area contributed by atoms with Crippen molar-refractivity contribution in [2.45, 2.75) is 34.1 Å². The molecule has 0 atom stereocenters. The first-order chi connectivity index (χ1) is 8.47. The van der Waals surface area contributed by atoms with Crippen LogP contribution in [-0.4, -0.2) is 5.78 Å². The van der Waals surface area contributed by atoms with Gasteiger partial charge in [0.2, 0.25) is 5.78 Å². The number of Topliss-reactive ketones (excluding diaryl/α,β-unsaturated/α-hetero) is 1. The molecule has 0 saturated carbocycles. The molecule has 0 unspecified atom stereocenters. The summed E-state index contributed by atoms with van der Waals surface area (Å²) in [5.41, 5.74) is 4.68. The smallest absolute Gasteiger partial charge is 0.202 e. The lowest BCUT2D eigenvalue weighted by molar-refractivity contribution is 0.0964. The Kier molecular flexibility index (Phi) is 3.37. The molecule has 2 heteroatoms. The normalized spacial score (nSPS) is 10.7. The molecule has 0 radical (unpaired) electrons. The van der Waals surface area contributed by atoms with Gasteiger partial charge in [0.1, 0.15) is 5.76 Å². The second-order valence-electron chi connectivity index (χ2n) is 4.89. The molecule has 0 spiro atoms. The van der Waals surface area contributed by atoms with Gasteiger partial charge in [0.15, 0.2) is 5.76 Å². The van der Waals surface area contributed by atoms with E-state index in [1.165, 1.54) is 16.7 Å². The molecule has 2 nitrogen and oxygen atoms in total. The van der Waals surface area contributed by atoms with E-state index in [1.54, 1.807) is 6.07 Å². The Morgan fingerprint density at radius 2 is 1.67 bits per heavy atom. The molecule has 0 aliphatic carbocycles. The fraction of sp³-hybridized carbons (Fsp3) is 0.312. The van der Waals surface area contributed by atoms with E-state index in [1.807, 2.05) is 13.0 Å². The summed E-state index contributed by atoms with van der Waals surface area (Å²) in [7, 11) is 0. The Labute approximate surface area is 108 Å². The average molecular weight is 242 g/mol. The Hall–Kier alpha value is -1.83. The minimum atomic E-state index is 0.0400. The molecule has 18 heavy (non-hydrogen) atoms. The number of hydrogen-bond donors (Lipinski definition) is 0. The molecule has 0 aliphatic rings. The van der Waals surface area contributed by atoms with Crippen LogP contribution in [0.4, 0.5) is 0 Å². The van der Waals surface area contributed by atoms with E-state index < -0.39 is 0 Å². The van der Waals surface area contributed by atoms with Crippen molar-refractivity contribution in [1.29, 1.82) is 0 Å². The first-order valence-corrected chi connectivity index (χ1v) is 6.13. The molecule has 0 bridgehead atoms. The molecule has 2 aromatic rings. The number of rotatable bonds is 3. The van der Waals surface area contributed by atoms with E-state index in [0.717, 1.165) is 11.3 Å². The molecule has 0 N–H and O–H groups in total. The summed E-state index contributed by atoms with van der Waals surface area (Å²) in [6, 6.07) is 7.80. The highest BCUT2D eigenvalue weighted by molar-refractivity contribution is 5.95. The Morgan fingerprint density at radius 1 is 1.06 bits per heavy atom. The van der Waals surface area contributed by atoms with Gasteiger partial charge in [0.05, 0.1) is 0 Å². The van der Waals surface area contributed by atoms with Crippen LogP contribution in [0.2, 0.25) is 0 Å². The van der Waals surface area contributed by atoms with Gasteiger partial charge < -0.3 is 4.42 Å². The van der Waals surface area contributed by atoms with Gasteiger partial charge in [0.25, 0.3) is 0 Å². The molecule has 0 aliphatic heterocycles. The van der Waals surface area contributed by atoms with E-state index in [2.05, 4.69) is 32.9 Å². The van der Waals surface area contributed by atoms with Crippen LogP contribution < -0.4 is 0 Å². The highest BCUT2D eigenvalue weighted by Crippen LogP contribution is 2.19. The predicted molar refractivity (Wildman–Crippen MR) is 72.1 cm³/mol. The van der Waals surface area contributed by atoms with Crippen LogP contribution in [0.1, 0.15) is 38.6 Å². The highest BCUT2D eigenvalue weighted by Gasteiger charge is 2.14. The van der Waals surface area contributed by atoms with Crippen LogP contribution in [0.15, 0.2) is 28.7 Å². The Bertz CT molecular complexity index is 568. The summed E-state index contributed by atoms with van der Waals surface area (Å²) in [5, 5.41) is 0. The lowest BCUT2D eigenvalue weighted by Gasteiger charge is -2.09. The van der Waals surface area contributed by atoms with Crippen molar-refractivity contribution in [3.63, 3.8) is 0 Å². The molecule has 2 rings (SSSR count). The van der Waals surface area contributed by atoms with Crippen molar-refractivity contribution in [3.8, 4) is 0 Å². The highest BCUT2D eigenvalue weighted by atomic mass is 16.3. The summed E-state index contributed by atoms with van der Waals surface area (Å²) in [4.78, 5) is 12.1. The van der Waals surface area contributed by atoms with Crippen molar-refractivity contribution < 1.29 is 9.21 Å². The largest absolute Gasteiger partial charge is 0.458 e. The SMILES string of the molecule is Cc1cc(C)c(CC(=O)c2ccc(C)o2)c(C)c1. The summed E-state index contributed by atoms with van der Waals surface area (Å²) in [6.45, 7) is 8.02. The van der Waals surface area contributed by atoms with Gasteiger partial charge in [-0.15, -0.1) is 0 Å². The van der Waals surface area contributed by atoms with E-state index >= 15 is 0 Å². The second-order valence-corrected chi connectivity index (χ2v) is 4.89. The number of hydrogen-bond acceptors (Lipinski definition) is 2. The standard InChI is InChI=1S/C16H18O2/c1-10-7-11(2)14(12(3)8-10)9-15(17)16-6-5-13(4)18-16/h5-8H,9H2,1-4H3. The van der Waals surface area contributed by atoms with Crippen LogP contribution in [0.25, 0.3) is 0 Å². The molecule has 1 aromatic heterocycles. The van der Waals surface area contributed by atoms with E-state index in [4.69, 9.17) is 4.42 Å². The van der Waals surface area contributed by atoms with Crippen molar-refractivity contribution in [1.82, 2.24) is 0 Å². The van der Waals surface area contributed by atoms with Gasteiger partial charge in [-0.05, 0) is 56.5 Å². The molecule has 0 amide bonds. The van der Waals surface area contributed by atoms with Crippen molar-refractivity contribution >= 4 is 5.78 Å². The third-order valence-corrected chi connectivity index (χ3v) is 3.19. The predicted octanol–water partition coefficient (Wildman–Crippen LogP) is 3.94. The third kappa shape index (κ3) is 2.53. The summed E-state index contributed by atoms with van der Waals surface area (Å²) in [6.07, 6.45) is 0.408. The molecular weight excluding hydrogens is 224 g/mol. The molecule has 0 fully saturated rings. The van der Waals surface area contributed by atoms with E-state index in [-0.39, 0.29) is 5.78 Å². The first-order valence-electron chi connectivity index (χ1n) is 6.13. The zero-order valence-electron chi connectivity index (χ0n) is 11.3. The van der Waals surface area contributed by atoms with Crippen LogP contribution in [-0.2, 0) is 6.42 Å². The minimum absolute atomic E-state index is 0.0400. The van der Waals surface area contributed by atoms with Gasteiger partial charge in [-0.2, -0.15) is 0 Å². The number of furan rings is 1. The van der Waals surface area contributed by atoms with Crippen molar-refractivity contribution in [3.05, 3.63) is 58.0 Å². The van der Waals surface area contributed by atoms with Crippen molar-refractivity contribution in [2.75, 3.05) is 0 Å². The minimum Gasteiger partial charge on any atom is -0.458 e. The zero-order chi connectivity index (χ0) is 13.3. The maximum atomic E-state index is 12.1.